The maximum absolute atomic E-state index is 12.3. The summed E-state index contributed by atoms with van der Waals surface area (Å²) in [5.41, 5.74) is 0.126. The Morgan fingerprint density at radius 3 is 2.60 bits per heavy atom. The molecule has 0 radical (unpaired) electrons. The predicted molar refractivity (Wildman–Crippen MR) is 77.8 cm³/mol. The minimum absolute atomic E-state index is 0.0533. The van der Waals surface area contributed by atoms with Crippen molar-refractivity contribution in [2.75, 3.05) is 6.54 Å². The molecule has 1 aliphatic carbocycles. The molecule has 112 valence electrons. The lowest BCUT2D eigenvalue weighted by Crippen LogP contribution is -2.30. The molecule has 0 spiro atoms. The molecule has 2 rings (SSSR count). The lowest BCUT2D eigenvalue weighted by Gasteiger charge is -2.14. The number of carboxylic acid groups (broad SMARTS) is 1. The van der Waals surface area contributed by atoms with E-state index in [1.807, 2.05) is 0 Å². The van der Waals surface area contributed by atoms with E-state index in [2.05, 4.69) is 11.6 Å². The summed E-state index contributed by atoms with van der Waals surface area (Å²) >= 11 is 0.990. The van der Waals surface area contributed by atoms with Crippen molar-refractivity contribution >= 4 is 27.3 Å². The minimum atomic E-state index is -3.62. The van der Waals surface area contributed by atoms with Crippen molar-refractivity contribution in [2.45, 2.75) is 44.4 Å². The third-order valence-electron chi connectivity index (χ3n) is 3.75. The smallest absolute Gasteiger partial charge is 0.345 e. The van der Waals surface area contributed by atoms with Crippen molar-refractivity contribution in [3.8, 4) is 0 Å². The van der Waals surface area contributed by atoms with Crippen LogP contribution in [-0.4, -0.2) is 26.0 Å². The van der Waals surface area contributed by atoms with E-state index in [9.17, 15) is 13.2 Å². The topological polar surface area (TPSA) is 83.5 Å². The van der Waals surface area contributed by atoms with Gasteiger partial charge in [-0.15, -0.1) is 11.3 Å². The molecule has 0 aliphatic heterocycles. The van der Waals surface area contributed by atoms with Gasteiger partial charge in [-0.2, -0.15) is 0 Å². The molecule has 5 nitrogen and oxygen atoms in total. The maximum Gasteiger partial charge on any atom is 0.345 e. The van der Waals surface area contributed by atoms with Crippen LogP contribution in [-0.2, 0) is 10.0 Å². The molecule has 1 heterocycles. The van der Waals surface area contributed by atoms with Crippen LogP contribution in [0.4, 0.5) is 0 Å². The standard InChI is InChI=1S/C13H19NO4S2/c1-3-4-13(5-6-13)8-14-20(17,18)11-7-10(12(15)16)19-9(11)2/h7,14H,3-6,8H2,1-2H3,(H,15,16). The van der Waals surface area contributed by atoms with Crippen LogP contribution in [0, 0.1) is 12.3 Å². The Morgan fingerprint density at radius 1 is 1.50 bits per heavy atom. The number of carboxylic acids is 1. The number of rotatable bonds is 7. The molecule has 0 amide bonds. The van der Waals surface area contributed by atoms with Crippen LogP contribution < -0.4 is 4.72 Å². The number of hydrogen-bond acceptors (Lipinski definition) is 4. The number of hydrogen-bond donors (Lipinski definition) is 2. The quantitative estimate of drug-likeness (QED) is 0.809. The zero-order valence-electron chi connectivity index (χ0n) is 11.6. The molecule has 0 aromatic carbocycles. The Kier molecular flexibility index (Phi) is 4.22. The number of aromatic carboxylic acids is 1. The lowest BCUT2D eigenvalue weighted by molar-refractivity contribution is 0.0702. The largest absolute Gasteiger partial charge is 0.477 e. The van der Waals surface area contributed by atoms with E-state index in [-0.39, 0.29) is 15.2 Å². The summed E-state index contributed by atoms with van der Waals surface area (Å²) in [6.45, 7) is 4.17. The average molecular weight is 317 g/mol. The second-order valence-electron chi connectivity index (χ2n) is 5.41. The van der Waals surface area contributed by atoms with E-state index in [1.165, 1.54) is 6.07 Å². The van der Waals surface area contributed by atoms with Crippen molar-refractivity contribution in [1.29, 1.82) is 0 Å². The fourth-order valence-electron chi connectivity index (χ4n) is 2.39. The highest BCUT2D eigenvalue weighted by Crippen LogP contribution is 2.49. The van der Waals surface area contributed by atoms with E-state index >= 15 is 0 Å². The van der Waals surface area contributed by atoms with Gasteiger partial charge in [-0.1, -0.05) is 13.3 Å². The minimum Gasteiger partial charge on any atom is -0.477 e. The van der Waals surface area contributed by atoms with Crippen molar-refractivity contribution in [3.63, 3.8) is 0 Å². The molecule has 1 aromatic heterocycles. The highest BCUT2D eigenvalue weighted by molar-refractivity contribution is 7.89. The van der Waals surface area contributed by atoms with Gasteiger partial charge in [-0.25, -0.2) is 17.9 Å². The van der Waals surface area contributed by atoms with Gasteiger partial charge in [0.25, 0.3) is 0 Å². The zero-order valence-corrected chi connectivity index (χ0v) is 13.2. The molecule has 1 aliphatic rings. The number of aryl methyl sites for hydroxylation is 1. The van der Waals surface area contributed by atoms with E-state index < -0.39 is 16.0 Å². The normalized spacial score (nSPS) is 17.1. The lowest BCUT2D eigenvalue weighted by atomic mass is 10.0. The monoisotopic (exact) mass is 317 g/mol. The summed E-state index contributed by atoms with van der Waals surface area (Å²) in [5.74, 6) is -1.09. The van der Waals surface area contributed by atoms with Gasteiger partial charge in [0.2, 0.25) is 10.0 Å². The fourth-order valence-corrected chi connectivity index (χ4v) is 4.97. The third-order valence-corrected chi connectivity index (χ3v) is 6.44. The van der Waals surface area contributed by atoms with Gasteiger partial charge in [0.05, 0.1) is 4.90 Å². The molecule has 0 atom stereocenters. The molecule has 1 saturated carbocycles. The second kappa shape index (κ2) is 5.46. The fraction of sp³-hybridized carbons (Fsp3) is 0.615. The summed E-state index contributed by atoms with van der Waals surface area (Å²) in [4.78, 5) is 11.6. The van der Waals surface area contributed by atoms with E-state index in [0.717, 1.165) is 37.0 Å². The van der Waals surface area contributed by atoms with E-state index in [0.29, 0.717) is 11.4 Å². The Hall–Kier alpha value is -0.920. The van der Waals surface area contributed by atoms with Gasteiger partial charge < -0.3 is 5.11 Å². The Labute approximate surface area is 123 Å². The molecular weight excluding hydrogens is 298 g/mol. The number of nitrogens with one attached hydrogen (secondary N) is 1. The van der Waals surface area contributed by atoms with Gasteiger partial charge in [0.1, 0.15) is 4.88 Å². The molecule has 0 unspecified atom stereocenters. The first-order valence-corrected chi connectivity index (χ1v) is 8.93. The maximum atomic E-state index is 12.3. The van der Waals surface area contributed by atoms with Gasteiger partial charge in [0.15, 0.2) is 0 Å². The number of thiophene rings is 1. The van der Waals surface area contributed by atoms with Crippen LogP contribution in [0.2, 0.25) is 0 Å². The number of sulfonamides is 1. The molecule has 1 aromatic rings. The van der Waals surface area contributed by atoms with Gasteiger partial charge in [-0.05, 0) is 37.7 Å². The average Bonchev–Trinajstić information content (AvgIpc) is 3.00. The molecule has 1 fully saturated rings. The Morgan fingerprint density at radius 2 is 2.15 bits per heavy atom. The predicted octanol–water partition coefficient (Wildman–Crippen LogP) is 2.61. The van der Waals surface area contributed by atoms with Crippen LogP contribution in [0.5, 0.6) is 0 Å². The molecular formula is C13H19NO4S2. The second-order valence-corrected chi connectivity index (χ2v) is 8.40. The summed E-state index contributed by atoms with van der Waals surface area (Å²) in [6, 6.07) is 1.24. The summed E-state index contributed by atoms with van der Waals surface area (Å²) in [6.07, 6.45) is 4.19. The Balaban J connectivity index is 2.12. The summed E-state index contributed by atoms with van der Waals surface area (Å²) in [5, 5.41) is 8.92. The summed E-state index contributed by atoms with van der Waals surface area (Å²) < 4.78 is 27.2. The van der Waals surface area contributed by atoms with Crippen molar-refractivity contribution in [1.82, 2.24) is 4.72 Å². The molecule has 7 heteroatoms. The first kappa shape index (κ1) is 15.5. The van der Waals surface area contributed by atoms with Crippen LogP contribution >= 0.6 is 11.3 Å². The van der Waals surface area contributed by atoms with Crippen molar-refractivity contribution in [2.24, 2.45) is 5.41 Å². The highest BCUT2D eigenvalue weighted by atomic mass is 32.2. The molecule has 20 heavy (non-hydrogen) atoms. The van der Waals surface area contributed by atoms with Crippen LogP contribution in [0.1, 0.15) is 47.2 Å². The third kappa shape index (κ3) is 3.21. The van der Waals surface area contributed by atoms with Crippen LogP contribution in [0.15, 0.2) is 11.0 Å². The zero-order chi connectivity index (χ0) is 15.0. The molecule has 0 saturated heterocycles. The van der Waals surface area contributed by atoms with Gasteiger partial charge in [-0.3, -0.25) is 0 Å². The number of carbonyl (C=O) groups is 1. The molecule has 2 N–H and O–H groups in total. The van der Waals surface area contributed by atoms with Crippen LogP contribution in [0.25, 0.3) is 0 Å². The molecule has 0 bridgehead atoms. The van der Waals surface area contributed by atoms with Gasteiger partial charge >= 0.3 is 5.97 Å². The van der Waals surface area contributed by atoms with Gasteiger partial charge in [0, 0.05) is 11.4 Å². The van der Waals surface area contributed by atoms with Crippen molar-refractivity contribution in [3.05, 3.63) is 15.8 Å². The summed E-state index contributed by atoms with van der Waals surface area (Å²) in [7, 11) is -3.62. The Bertz CT molecular complexity index is 614. The highest BCUT2D eigenvalue weighted by Gasteiger charge is 2.42. The first-order valence-electron chi connectivity index (χ1n) is 6.63. The SMILES string of the molecule is CCCC1(CNS(=O)(=O)c2cc(C(=O)O)sc2C)CC1. The van der Waals surface area contributed by atoms with E-state index in [1.54, 1.807) is 6.92 Å². The van der Waals surface area contributed by atoms with E-state index in [4.69, 9.17) is 5.11 Å². The van der Waals surface area contributed by atoms with Crippen molar-refractivity contribution < 1.29 is 18.3 Å². The first-order chi connectivity index (χ1) is 9.30. The van der Waals surface area contributed by atoms with Crippen LogP contribution in [0.3, 0.4) is 0 Å².